The van der Waals surface area contributed by atoms with Crippen LogP contribution < -0.4 is 14.4 Å². The molecule has 252 valence electrons. The SMILES string of the molecule is CCN(C(=O)c1cc(F)ccc1Oc1cncnc1N1CCC(Oc2ccnc3c2CN(CCCC2CN(C)C2)CC3)CC1)C(C)C. The Kier molecular flexibility index (Phi) is 10.5. The van der Waals surface area contributed by atoms with E-state index in [1.807, 2.05) is 33.0 Å². The number of carbonyl (C=O) groups excluding carboxylic acids is 1. The minimum absolute atomic E-state index is 0.0383. The predicted molar refractivity (Wildman–Crippen MR) is 180 cm³/mol. The Morgan fingerprint density at radius 3 is 2.64 bits per heavy atom. The number of aromatic nitrogens is 3. The van der Waals surface area contributed by atoms with Gasteiger partial charge >= 0.3 is 0 Å². The lowest BCUT2D eigenvalue weighted by atomic mass is 9.95. The van der Waals surface area contributed by atoms with Gasteiger partial charge in [0.05, 0.1) is 11.8 Å². The zero-order valence-corrected chi connectivity index (χ0v) is 28.2. The smallest absolute Gasteiger partial charge is 0.257 e. The molecular formula is C36H48FN7O3. The summed E-state index contributed by atoms with van der Waals surface area (Å²) >= 11 is 0. The lowest BCUT2D eigenvalue weighted by Crippen LogP contribution is -2.43. The first kappa shape index (κ1) is 33.1. The molecule has 5 heterocycles. The van der Waals surface area contributed by atoms with E-state index in [0.29, 0.717) is 18.1 Å². The Morgan fingerprint density at radius 1 is 1.09 bits per heavy atom. The van der Waals surface area contributed by atoms with E-state index in [2.05, 4.69) is 31.7 Å². The zero-order valence-electron chi connectivity index (χ0n) is 28.2. The molecular weight excluding hydrogens is 597 g/mol. The van der Waals surface area contributed by atoms with E-state index >= 15 is 0 Å². The average molecular weight is 646 g/mol. The molecule has 0 atom stereocenters. The van der Waals surface area contributed by atoms with Crippen LogP contribution in [0, 0.1) is 11.7 Å². The number of pyridine rings is 1. The molecule has 0 radical (unpaired) electrons. The number of amides is 1. The third kappa shape index (κ3) is 7.84. The van der Waals surface area contributed by atoms with Gasteiger partial charge in [0.1, 0.15) is 29.7 Å². The largest absolute Gasteiger partial charge is 0.490 e. The maximum absolute atomic E-state index is 14.3. The van der Waals surface area contributed by atoms with Crippen LogP contribution in [0.2, 0.25) is 0 Å². The number of piperidine rings is 1. The van der Waals surface area contributed by atoms with Crippen LogP contribution in [0.25, 0.3) is 0 Å². The number of halogens is 1. The molecule has 0 spiro atoms. The van der Waals surface area contributed by atoms with Crippen LogP contribution >= 0.6 is 0 Å². The molecule has 3 aliphatic heterocycles. The van der Waals surface area contributed by atoms with Gasteiger partial charge in [0.2, 0.25) is 0 Å². The molecule has 3 aliphatic rings. The van der Waals surface area contributed by atoms with Gasteiger partial charge in [0.15, 0.2) is 11.6 Å². The first-order chi connectivity index (χ1) is 22.8. The van der Waals surface area contributed by atoms with Gasteiger partial charge in [-0.2, -0.15) is 0 Å². The van der Waals surface area contributed by atoms with Crippen molar-refractivity contribution < 1.29 is 18.7 Å². The highest BCUT2D eigenvalue weighted by atomic mass is 19.1. The predicted octanol–water partition coefficient (Wildman–Crippen LogP) is 5.42. The summed E-state index contributed by atoms with van der Waals surface area (Å²) in [7, 11) is 2.20. The standard InChI is InChI=1S/C36H48FN7O3/c1-5-44(25(2)3)36(45)29-19-27(37)8-9-32(29)47-34-20-38-24-40-35(34)43-17-11-28(12-18-43)46-33-10-14-39-31-13-16-42(23-30(31)33)15-6-7-26-21-41(4)22-26/h8-10,14,19-20,24-26,28H,5-7,11-13,15-18,21-23H2,1-4H3. The summed E-state index contributed by atoms with van der Waals surface area (Å²) in [6, 6.07) is 6.02. The van der Waals surface area contributed by atoms with Crippen molar-refractivity contribution in [1.82, 2.24) is 29.7 Å². The summed E-state index contributed by atoms with van der Waals surface area (Å²) in [6.45, 7) is 13.3. The monoisotopic (exact) mass is 645 g/mol. The number of benzene rings is 1. The Hall–Kier alpha value is -3.83. The summed E-state index contributed by atoms with van der Waals surface area (Å²) in [5.41, 5.74) is 2.57. The van der Waals surface area contributed by atoms with Crippen LogP contribution in [0.3, 0.4) is 0 Å². The molecule has 47 heavy (non-hydrogen) atoms. The van der Waals surface area contributed by atoms with Gasteiger partial charge in [0, 0.05) is 88.6 Å². The average Bonchev–Trinajstić information content (AvgIpc) is 3.05. The number of ether oxygens (including phenoxy) is 2. The van der Waals surface area contributed by atoms with Gasteiger partial charge < -0.3 is 24.2 Å². The van der Waals surface area contributed by atoms with Crippen molar-refractivity contribution in [2.24, 2.45) is 5.92 Å². The maximum atomic E-state index is 14.3. The first-order valence-electron chi connectivity index (χ1n) is 17.2. The van der Waals surface area contributed by atoms with E-state index in [4.69, 9.17) is 14.5 Å². The molecule has 2 fully saturated rings. The lowest BCUT2D eigenvalue weighted by molar-refractivity contribution is 0.0713. The fourth-order valence-electron chi connectivity index (χ4n) is 7.14. The van der Waals surface area contributed by atoms with Crippen LogP contribution in [0.1, 0.15) is 68.1 Å². The molecule has 2 saturated heterocycles. The maximum Gasteiger partial charge on any atom is 0.257 e. The molecule has 6 rings (SSSR count). The quantitative estimate of drug-likeness (QED) is 0.256. The number of hydrogen-bond acceptors (Lipinski definition) is 9. The topological polar surface area (TPSA) is 87.2 Å². The molecule has 11 heteroatoms. The molecule has 3 aromatic rings. The van der Waals surface area contributed by atoms with E-state index < -0.39 is 5.82 Å². The summed E-state index contributed by atoms with van der Waals surface area (Å²) in [5.74, 6) is 2.39. The normalized spacial score (nSPS) is 17.8. The molecule has 1 aromatic carbocycles. The molecule has 0 saturated carbocycles. The summed E-state index contributed by atoms with van der Waals surface area (Å²) in [6.07, 6.45) is 10.2. The van der Waals surface area contributed by atoms with Crippen molar-refractivity contribution in [3.63, 3.8) is 0 Å². The van der Waals surface area contributed by atoms with Crippen LogP contribution in [-0.4, -0.2) is 101 Å². The van der Waals surface area contributed by atoms with Crippen LogP contribution in [0.5, 0.6) is 17.2 Å². The second kappa shape index (κ2) is 14.9. The number of fused-ring (bicyclic) bond motifs is 1. The number of likely N-dealkylation sites (tertiary alicyclic amines) is 1. The van der Waals surface area contributed by atoms with Crippen molar-refractivity contribution in [3.8, 4) is 17.2 Å². The number of anilines is 1. The second-order valence-electron chi connectivity index (χ2n) is 13.4. The van der Waals surface area contributed by atoms with Crippen molar-refractivity contribution >= 4 is 11.7 Å². The molecule has 2 aromatic heterocycles. The van der Waals surface area contributed by atoms with Gasteiger partial charge in [-0.25, -0.2) is 14.4 Å². The highest BCUT2D eigenvalue weighted by molar-refractivity contribution is 5.97. The van der Waals surface area contributed by atoms with Gasteiger partial charge in [-0.3, -0.25) is 14.7 Å². The van der Waals surface area contributed by atoms with E-state index in [-0.39, 0.29) is 29.4 Å². The van der Waals surface area contributed by atoms with Crippen LogP contribution in [-0.2, 0) is 13.0 Å². The minimum Gasteiger partial charge on any atom is -0.490 e. The molecule has 1 amide bonds. The fraction of sp³-hybridized carbons (Fsp3) is 0.556. The number of nitrogens with zero attached hydrogens (tertiary/aromatic N) is 7. The van der Waals surface area contributed by atoms with Gasteiger partial charge in [0.25, 0.3) is 5.91 Å². The lowest BCUT2D eigenvalue weighted by Gasteiger charge is -2.37. The summed E-state index contributed by atoms with van der Waals surface area (Å²) in [4.78, 5) is 35.6. The van der Waals surface area contributed by atoms with Crippen molar-refractivity contribution in [2.45, 2.75) is 71.6 Å². The van der Waals surface area contributed by atoms with E-state index in [1.165, 1.54) is 56.0 Å². The van der Waals surface area contributed by atoms with E-state index in [9.17, 15) is 9.18 Å². The molecule has 0 bridgehead atoms. The van der Waals surface area contributed by atoms with Crippen LogP contribution in [0.4, 0.5) is 10.2 Å². The van der Waals surface area contributed by atoms with E-state index in [0.717, 1.165) is 69.3 Å². The van der Waals surface area contributed by atoms with E-state index in [1.54, 1.807) is 11.1 Å². The Morgan fingerprint density at radius 2 is 1.89 bits per heavy atom. The molecule has 0 unspecified atom stereocenters. The third-order valence-electron chi connectivity index (χ3n) is 9.69. The summed E-state index contributed by atoms with van der Waals surface area (Å²) < 4.78 is 27.2. The van der Waals surface area contributed by atoms with Gasteiger partial charge in [-0.15, -0.1) is 0 Å². The van der Waals surface area contributed by atoms with Crippen molar-refractivity contribution in [2.75, 3.05) is 57.8 Å². The zero-order chi connectivity index (χ0) is 32.9. The Bertz CT molecular complexity index is 1520. The van der Waals surface area contributed by atoms with Gasteiger partial charge in [-0.05, 0) is 77.4 Å². The number of carbonyl (C=O) groups is 1. The minimum atomic E-state index is -0.493. The highest BCUT2D eigenvalue weighted by Gasteiger charge is 2.29. The highest BCUT2D eigenvalue weighted by Crippen LogP contribution is 2.35. The van der Waals surface area contributed by atoms with Crippen molar-refractivity contribution in [3.05, 3.63) is 65.6 Å². The Labute approximate surface area is 277 Å². The number of hydrogen-bond donors (Lipinski definition) is 0. The third-order valence-corrected chi connectivity index (χ3v) is 9.69. The fourth-order valence-corrected chi connectivity index (χ4v) is 7.14. The Balaban J connectivity index is 1.08. The number of rotatable bonds is 12. The second-order valence-corrected chi connectivity index (χ2v) is 13.4. The molecule has 0 N–H and O–H groups in total. The van der Waals surface area contributed by atoms with Crippen LogP contribution in [0.15, 0.2) is 43.0 Å². The first-order valence-corrected chi connectivity index (χ1v) is 17.2. The molecule has 0 aliphatic carbocycles. The summed E-state index contributed by atoms with van der Waals surface area (Å²) in [5, 5.41) is 0. The van der Waals surface area contributed by atoms with Gasteiger partial charge in [-0.1, -0.05) is 0 Å². The molecule has 10 nitrogen and oxygen atoms in total. The van der Waals surface area contributed by atoms with Crippen molar-refractivity contribution in [1.29, 1.82) is 0 Å².